The molecule has 7 heteroatoms. The maximum atomic E-state index is 11.3. The number of unbranched alkanes of at least 4 members (excludes halogenated alkanes) is 1. The van der Waals surface area contributed by atoms with Crippen LogP contribution >= 0.6 is 0 Å². The van der Waals surface area contributed by atoms with Crippen LogP contribution in [-0.4, -0.2) is 64.3 Å². The van der Waals surface area contributed by atoms with Crippen molar-refractivity contribution in [3.63, 3.8) is 0 Å². The van der Waals surface area contributed by atoms with Gasteiger partial charge in [-0.2, -0.15) is 0 Å². The van der Waals surface area contributed by atoms with E-state index in [1.54, 1.807) is 13.8 Å². The Morgan fingerprint density at radius 2 is 1.33 bits per heavy atom. The number of ether oxygens (including phenoxy) is 5. The molecule has 7 nitrogen and oxygen atoms in total. The molecule has 0 aromatic rings. The van der Waals surface area contributed by atoms with Gasteiger partial charge in [-0.1, -0.05) is 13.3 Å². The molecular formula is C17H32O7. The van der Waals surface area contributed by atoms with Crippen molar-refractivity contribution in [3.8, 4) is 0 Å². The van der Waals surface area contributed by atoms with E-state index in [-0.39, 0.29) is 44.1 Å². The van der Waals surface area contributed by atoms with Crippen LogP contribution in [0.5, 0.6) is 0 Å². The highest BCUT2D eigenvalue weighted by Crippen LogP contribution is 2.01. The molecule has 0 fully saturated rings. The fourth-order valence-electron chi connectivity index (χ4n) is 1.75. The first-order valence-electron chi connectivity index (χ1n) is 8.72. The Labute approximate surface area is 144 Å². The van der Waals surface area contributed by atoms with Gasteiger partial charge in [0.2, 0.25) is 0 Å². The van der Waals surface area contributed by atoms with Gasteiger partial charge in [-0.3, -0.25) is 9.59 Å². The molecule has 0 saturated heterocycles. The Kier molecular flexibility index (Phi) is 15.9. The lowest BCUT2D eigenvalue weighted by atomic mass is 10.3. The molecule has 142 valence electrons. The number of carbonyl (C=O) groups excluding carboxylic acids is 2. The van der Waals surface area contributed by atoms with Gasteiger partial charge in [-0.15, -0.1) is 0 Å². The zero-order valence-electron chi connectivity index (χ0n) is 15.2. The zero-order valence-corrected chi connectivity index (χ0v) is 15.2. The molecule has 0 aromatic heterocycles. The van der Waals surface area contributed by atoms with Crippen molar-refractivity contribution in [2.24, 2.45) is 0 Å². The molecule has 0 amide bonds. The van der Waals surface area contributed by atoms with E-state index in [0.29, 0.717) is 33.0 Å². The second kappa shape index (κ2) is 16.7. The van der Waals surface area contributed by atoms with Gasteiger partial charge < -0.3 is 23.7 Å². The van der Waals surface area contributed by atoms with Crippen LogP contribution in [0.1, 0.15) is 46.5 Å². The van der Waals surface area contributed by atoms with Gasteiger partial charge >= 0.3 is 11.9 Å². The molecule has 0 aromatic carbocycles. The molecule has 1 unspecified atom stereocenters. The molecule has 0 aliphatic heterocycles. The van der Waals surface area contributed by atoms with Crippen LogP contribution in [0.15, 0.2) is 0 Å². The molecular weight excluding hydrogens is 316 g/mol. The highest BCUT2D eigenvalue weighted by molar-refractivity contribution is 5.69. The van der Waals surface area contributed by atoms with Gasteiger partial charge in [0.15, 0.2) is 0 Å². The first-order chi connectivity index (χ1) is 11.6. The fourth-order valence-corrected chi connectivity index (χ4v) is 1.75. The Morgan fingerprint density at radius 1 is 0.792 bits per heavy atom. The van der Waals surface area contributed by atoms with E-state index in [1.807, 2.05) is 0 Å². The van der Waals surface area contributed by atoms with E-state index < -0.39 is 0 Å². The van der Waals surface area contributed by atoms with Crippen molar-refractivity contribution in [2.75, 3.05) is 46.2 Å². The lowest BCUT2D eigenvalue weighted by Gasteiger charge is -2.18. The molecule has 0 heterocycles. The lowest BCUT2D eigenvalue weighted by Crippen LogP contribution is -2.28. The zero-order chi connectivity index (χ0) is 18.0. The minimum atomic E-state index is -0.286. The quantitative estimate of drug-likeness (QED) is 0.312. The highest BCUT2D eigenvalue weighted by Gasteiger charge is 2.12. The average Bonchev–Trinajstić information content (AvgIpc) is 2.55. The number of carbonyl (C=O) groups is 2. The summed E-state index contributed by atoms with van der Waals surface area (Å²) in [7, 11) is 0. The predicted molar refractivity (Wildman–Crippen MR) is 88.8 cm³/mol. The Balaban J connectivity index is 3.98. The topological polar surface area (TPSA) is 80.3 Å². The Hall–Kier alpha value is -1.18. The largest absolute Gasteiger partial charge is 0.466 e. The smallest absolute Gasteiger partial charge is 0.308 e. The van der Waals surface area contributed by atoms with Crippen molar-refractivity contribution < 1.29 is 33.3 Å². The van der Waals surface area contributed by atoms with E-state index in [0.717, 1.165) is 12.8 Å². The van der Waals surface area contributed by atoms with Crippen LogP contribution in [0.2, 0.25) is 0 Å². The minimum absolute atomic E-state index is 0.197. The van der Waals surface area contributed by atoms with Crippen LogP contribution in [0.3, 0.4) is 0 Å². The first kappa shape index (κ1) is 22.8. The van der Waals surface area contributed by atoms with Crippen molar-refractivity contribution in [1.82, 2.24) is 0 Å². The second-order valence-electron chi connectivity index (χ2n) is 5.11. The van der Waals surface area contributed by atoms with Crippen LogP contribution in [0, 0.1) is 0 Å². The summed E-state index contributed by atoms with van der Waals surface area (Å²) >= 11 is 0. The molecule has 0 N–H and O–H groups in total. The van der Waals surface area contributed by atoms with Gasteiger partial charge in [-0.25, -0.2) is 0 Å². The third-order valence-corrected chi connectivity index (χ3v) is 2.97. The minimum Gasteiger partial charge on any atom is -0.466 e. The van der Waals surface area contributed by atoms with Crippen LogP contribution < -0.4 is 0 Å². The molecule has 0 saturated carbocycles. The fraction of sp³-hybridized carbons (Fsp3) is 0.882. The highest BCUT2D eigenvalue weighted by atomic mass is 16.6. The monoisotopic (exact) mass is 348 g/mol. The summed E-state index contributed by atoms with van der Waals surface area (Å²) in [4.78, 5) is 22.5. The molecule has 0 aliphatic rings. The number of rotatable bonds is 16. The molecule has 0 rings (SSSR count). The maximum absolute atomic E-state index is 11.3. The molecule has 0 bridgehead atoms. The summed E-state index contributed by atoms with van der Waals surface area (Å²) in [6, 6.07) is 0. The van der Waals surface area contributed by atoms with Crippen molar-refractivity contribution in [3.05, 3.63) is 0 Å². The van der Waals surface area contributed by atoms with Gasteiger partial charge in [0.25, 0.3) is 0 Å². The summed E-state index contributed by atoms with van der Waals surface area (Å²) in [6.45, 7) is 8.22. The summed E-state index contributed by atoms with van der Waals surface area (Å²) in [5, 5.41) is 0. The van der Waals surface area contributed by atoms with Gasteiger partial charge in [-0.05, 0) is 20.3 Å². The van der Waals surface area contributed by atoms with Gasteiger partial charge in [0, 0.05) is 6.61 Å². The van der Waals surface area contributed by atoms with Crippen molar-refractivity contribution in [2.45, 2.75) is 52.6 Å². The number of hydrogen-bond acceptors (Lipinski definition) is 7. The Bertz CT molecular complexity index is 320. The molecule has 0 spiro atoms. The summed E-state index contributed by atoms with van der Waals surface area (Å²) < 4.78 is 26.3. The summed E-state index contributed by atoms with van der Waals surface area (Å²) in [6.07, 6.45) is 2.17. The summed E-state index contributed by atoms with van der Waals surface area (Å²) in [5.41, 5.74) is 0. The van der Waals surface area contributed by atoms with E-state index in [9.17, 15) is 9.59 Å². The average molecular weight is 348 g/mol. The SMILES string of the molecule is CCCCOCC(COCCC(=O)OCC)OCCC(=O)OCC. The van der Waals surface area contributed by atoms with E-state index >= 15 is 0 Å². The third kappa shape index (κ3) is 14.4. The standard InChI is InChI=1S/C17H32O7/c1-4-7-10-20-13-15(24-12-9-17(19)23-6-3)14-21-11-8-16(18)22-5-2/h15H,4-14H2,1-3H3. The molecule has 0 radical (unpaired) electrons. The predicted octanol–water partition coefficient (Wildman–Crippen LogP) is 2.11. The molecule has 24 heavy (non-hydrogen) atoms. The van der Waals surface area contributed by atoms with Crippen LogP contribution in [0.4, 0.5) is 0 Å². The molecule has 1 atom stereocenters. The Morgan fingerprint density at radius 3 is 1.88 bits per heavy atom. The van der Waals surface area contributed by atoms with E-state index in [4.69, 9.17) is 23.7 Å². The van der Waals surface area contributed by atoms with Gasteiger partial charge in [0.1, 0.15) is 6.10 Å². The normalized spacial score (nSPS) is 12.0. The van der Waals surface area contributed by atoms with Crippen molar-refractivity contribution >= 4 is 11.9 Å². The van der Waals surface area contributed by atoms with Crippen LogP contribution in [0.25, 0.3) is 0 Å². The van der Waals surface area contributed by atoms with Gasteiger partial charge in [0.05, 0.1) is 52.5 Å². The third-order valence-electron chi connectivity index (χ3n) is 2.97. The summed E-state index contributed by atoms with van der Waals surface area (Å²) in [5.74, 6) is -0.567. The lowest BCUT2D eigenvalue weighted by molar-refractivity contribution is -0.147. The second-order valence-corrected chi connectivity index (χ2v) is 5.11. The first-order valence-corrected chi connectivity index (χ1v) is 8.72. The van der Waals surface area contributed by atoms with E-state index in [1.165, 1.54) is 0 Å². The number of hydrogen-bond donors (Lipinski definition) is 0. The number of esters is 2. The molecule has 0 aliphatic carbocycles. The van der Waals surface area contributed by atoms with Crippen molar-refractivity contribution in [1.29, 1.82) is 0 Å². The maximum Gasteiger partial charge on any atom is 0.308 e. The van der Waals surface area contributed by atoms with E-state index in [2.05, 4.69) is 6.92 Å². The van der Waals surface area contributed by atoms with Crippen LogP contribution in [-0.2, 0) is 33.3 Å².